The standard InChI is InChI=1S/C20H21NO2/c22-18(13-6-2-1-3-7-13)11-19(23)21-12-17-16-10-14-8-4-5-9-15(14)20(16)17/h1-9,16-18,20,22H,10-12H2,(H,21,23). The molecule has 1 fully saturated rings. The molecule has 3 nitrogen and oxygen atoms in total. The fourth-order valence-electron chi connectivity index (χ4n) is 4.03. The maximum atomic E-state index is 12.1. The molecule has 1 saturated carbocycles. The summed E-state index contributed by atoms with van der Waals surface area (Å²) in [7, 11) is 0. The topological polar surface area (TPSA) is 49.3 Å². The van der Waals surface area contributed by atoms with Gasteiger partial charge in [0, 0.05) is 6.54 Å². The number of hydrogen-bond donors (Lipinski definition) is 2. The van der Waals surface area contributed by atoms with Crippen LogP contribution in [0.4, 0.5) is 0 Å². The molecule has 4 rings (SSSR count). The molecule has 0 aliphatic heterocycles. The Morgan fingerprint density at radius 1 is 1.13 bits per heavy atom. The van der Waals surface area contributed by atoms with E-state index < -0.39 is 6.10 Å². The van der Waals surface area contributed by atoms with Crippen LogP contribution >= 0.6 is 0 Å². The lowest BCUT2D eigenvalue weighted by atomic mass is 10.0. The van der Waals surface area contributed by atoms with Gasteiger partial charge in [-0.05, 0) is 40.9 Å². The Hall–Kier alpha value is -2.13. The maximum Gasteiger partial charge on any atom is 0.222 e. The summed E-state index contributed by atoms with van der Waals surface area (Å²) in [6.45, 7) is 0.726. The van der Waals surface area contributed by atoms with Crippen LogP contribution in [0.1, 0.15) is 35.1 Å². The minimum absolute atomic E-state index is 0.0698. The molecule has 4 unspecified atom stereocenters. The first-order valence-electron chi connectivity index (χ1n) is 8.31. The minimum atomic E-state index is -0.726. The van der Waals surface area contributed by atoms with Crippen LogP contribution in [0.15, 0.2) is 54.6 Å². The summed E-state index contributed by atoms with van der Waals surface area (Å²) in [5, 5.41) is 13.1. The Kier molecular flexibility index (Phi) is 3.66. The first-order valence-corrected chi connectivity index (χ1v) is 8.31. The Morgan fingerprint density at radius 2 is 1.87 bits per heavy atom. The summed E-state index contributed by atoms with van der Waals surface area (Å²) in [5.41, 5.74) is 3.74. The Balaban J connectivity index is 1.28. The van der Waals surface area contributed by atoms with E-state index in [0.717, 1.165) is 18.5 Å². The van der Waals surface area contributed by atoms with Crippen molar-refractivity contribution >= 4 is 5.91 Å². The average molecular weight is 307 g/mol. The predicted molar refractivity (Wildman–Crippen MR) is 88.9 cm³/mol. The van der Waals surface area contributed by atoms with Crippen molar-refractivity contribution < 1.29 is 9.90 Å². The Morgan fingerprint density at radius 3 is 2.70 bits per heavy atom. The number of carbonyl (C=O) groups is 1. The van der Waals surface area contributed by atoms with Gasteiger partial charge in [-0.15, -0.1) is 0 Å². The van der Waals surface area contributed by atoms with Crippen molar-refractivity contribution in [3.8, 4) is 0 Å². The second-order valence-electron chi connectivity index (χ2n) is 6.69. The van der Waals surface area contributed by atoms with Gasteiger partial charge >= 0.3 is 0 Å². The highest BCUT2D eigenvalue weighted by molar-refractivity contribution is 5.76. The summed E-state index contributed by atoms with van der Waals surface area (Å²) in [6, 6.07) is 18.0. The molecule has 0 aromatic heterocycles. The van der Waals surface area contributed by atoms with Gasteiger partial charge in [0.1, 0.15) is 0 Å². The smallest absolute Gasteiger partial charge is 0.222 e. The first kappa shape index (κ1) is 14.5. The Labute approximate surface area is 136 Å². The number of amides is 1. The number of aliphatic hydroxyl groups excluding tert-OH is 1. The SMILES string of the molecule is O=C(CC(O)c1ccccc1)NCC1C2Cc3ccccc3C12. The summed E-state index contributed by atoms with van der Waals surface area (Å²) in [5.74, 6) is 1.83. The summed E-state index contributed by atoms with van der Waals surface area (Å²) in [6.07, 6.45) is 0.548. The van der Waals surface area contributed by atoms with Crippen LogP contribution < -0.4 is 5.32 Å². The number of hydrogen-bond acceptors (Lipinski definition) is 2. The number of carbonyl (C=O) groups excluding carboxylic acids is 1. The molecule has 2 aliphatic rings. The van der Waals surface area contributed by atoms with Gasteiger partial charge in [0.25, 0.3) is 0 Å². The summed E-state index contributed by atoms with van der Waals surface area (Å²) in [4.78, 5) is 12.1. The first-order chi connectivity index (χ1) is 11.2. The third-order valence-electron chi connectivity index (χ3n) is 5.30. The van der Waals surface area contributed by atoms with Gasteiger partial charge in [-0.2, -0.15) is 0 Å². The lowest BCUT2D eigenvalue weighted by Gasteiger charge is -2.12. The molecule has 23 heavy (non-hydrogen) atoms. The van der Waals surface area contributed by atoms with Gasteiger partial charge < -0.3 is 10.4 Å². The van der Waals surface area contributed by atoms with E-state index in [2.05, 4.69) is 29.6 Å². The molecule has 1 amide bonds. The van der Waals surface area contributed by atoms with Crippen LogP contribution in [0, 0.1) is 11.8 Å². The van der Waals surface area contributed by atoms with Crippen molar-refractivity contribution in [2.24, 2.45) is 11.8 Å². The van der Waals surface area contributed by atoms with Crippen LogP contribution in [0.5, 0.6) is 0 Å². The molecule has 0 bridgehead atoms. The van der Waals surface area contributed by atoms with Crippen molar-refractivity contribution in [3.05, 3.63) is 71.3 Å². The zero-order valence-electron chi connectivity index (χ0n) is 13.0. The molecule has 0 radical (unpaired) electrons. The molecular formula is C20H21NO2. The number of fused-ring (bicyclic) bond motifs is 3. The third kappa shape index (κ3) is 2.77. The van der Waals surface area contributed by atoms with E-state index in [1.54, 1.807) is 0 Å². The number of aliphatic hydroxyl groups is 1. The van der Waals surface area contributed by atoms with Gasteiger partial charge in [0.05, 0.1) is 12.5 Å². The molecule has 0 saturated heterocycles. The highest BCUT2D eigenvalue weighted by Gasteiger charge is 2.54. The number of nitrogens with one attached hydrogen (secondary N) is 1. The van der Waals surface area contributed by atoms with Crippen molar-refractivity contribution in [2.45, 2.75) is 24.9 Å². The van der Waals surface area contributed by atoms with Gasteiger partial charge in [-0.25, -0.2) is 0 Å². The highest BCUT2D eigenvalue weighted by Crippen LogP contribution is 2.60. The molecule has 3 heteroatoms. The second-order valence-corrected chi connectivity index (χ2v) is 6.69. The van der Waals surface area contributed by atoms with Gasteiger partial charge in [0.15, 0.2) is 0 Å². The largest absolute Gasteiger partial charge is 0.388 e. The van der Waals surface area contributed by atoms with E-state index in [9.17, 15) is 9.90 Å². The molecule has 2 aromatic carbocycles. The fraction of sp³-hybridized carbons (Fsp3) is 0.350. The van der Waals surface area contributed by atoms with E-state index in [-0.39, 0.29) is 12.3 Å². The Bertz CT molecular complexity index is 713. The van der Waals surface area contributed by atoms with Gasteiger partial charge in [0.2, 0.25) is 5.91 Å². The molecule has 2 N–H and O–H groups in total. The van der Waals surface area contributed by atoms with E-state index in [4.69, 9.17) is 0 Å². The average Bonchev–Trinajstić information content (AvgIpc) is 3.12. The van der Waals surface area contributed by atoms with Crippen LogP contribution in [0.25, 0.3) is 0 Å². The predicted octanol–water partition coefficient (Wildman–Crippen LogP) is 2.81. The monoisotopic (exact) mass is 307 g/mol. The molecule has 0 heterocycles. The van der Waals surface area contributed by atoms with E-state index in [1.165, 1.54) is 11.1 Å². The molecule has 118 valence electrons. The highest BCUT2D eigenvalue weighted by atomic mass is 16.3. The normalized spacial score (nSPS) is 25.3. The van der Waals surface area contributed by atoms with Crippen molar-refractivity contribution in [2.75, 3.05) is 6.54 Å². The molecule has 2 aliphatic carbocycles. The van der Waals surface area contributed by atoms with E-state index in [1.807, 2.05) is 30.3 Å². The summed E-state index contributed by atoms with van der Waals surface area (Å²) < 4.78 is 0. The zero-order valence-corrected chi connectivity index (χ0v) is 13.0. The molecule has 2 aromatic rings. The molecular weight excluding hydrogens is 286 g/mol. The number of benzene rings is 2. The van der Waals surface area contributed by atoms with E-state index >= 15 is 0 Å². The minimum Gasteiger partial charge on any atom is -0.388 e. The van der Waals surface area contributed by atoms with Crippen LogP contribution in [-0.2, 0) is 11.2 Å². The third-order valence-corrected chi connectivity index (χ3v) is 5.30. The number of rotatable bonds is 5. The van der Waals surface area contributed by atoms with Crippen LogP contribution in [0.2, 0.25) is 0 Å². The fourth-order valence-corrected chi connectivity index (χ4v) is 4.03. The van der Waals surface area contributed by atoms with Crippen LogP contribution in [-0.4, -0.2) is 17.6 Å². The van der Waals surface area contributed by atoms with Crippen molar-refractivity contribution in [1.82, 2.24) is 5.32 Å². The second kappa shape index (κ2) is 5.82. The summed E-state index contributed by atoms with van der Waals surface area (Å²) >= 11 is 0. The zero-order chi connectivity index (χ0) is 15.8. The van der Waals surface area contributed by atoms with Gasteiger partial charge in [-0.3, -0.25) is 4.79 Å². The van der Waals surface area contributed by atoms with E-state index in [0.29, 0.717) is 17.8 Å². The van der Waals surface area contributed by atoms with Crippen molar-refractivity contribution in [3.63, 3.8) is 0 Å². The molecule has 4 atom stereocenters. The maximum absolute atomic E-state index is 12.1. The lowest BCUT2D eigenvalue weighted by Crippen LogP contribution is -2.28. The van der Waals surface area contributed by atoms with Crippen LogP contribution in [0.3, 0.4) is 0 Å². The van der Waals surface area contributed by atoms with Crippen molar-refractivity contribution in [1.29, 1.82) is 0 Å². The molecule has 0 spiro atoms. The van der Waals surface area contributed by atoms with Gasteiger partial charge in [-0.1, -0.05) is 54.6 Å². The quantitative estimate of drug-likeness (QED) is 0.892. The lowest BCUT2D eigenvalue weighted by molar-refractivity contribution is -0.123.